The Morgan fingerprint density at radius 1 is 0.850 bits per heavy atom. The number of aromatic nitrogens is 2. The molecule has 0 radical (unpaired) electrons. The first-order chi connectivity index (χ1) is 18.8. The van der Waals surface area contributed by atoms with Crippen molar-refractivity contribution < 1.29 is 45.4 Å². The number of rotatable bonds is 6. The number of alkyl halides is 6. The maximum atomic E-state index is 13.5. The third-order valence-corrected chi connectivity index (χ3v) is 6.11. The third-order valence-electron chi connectivity index (χ3n) is 6.11. The molecule has 2 amide bonds. The van der Waals surface area contributed by atoms with Gasteiger partial charge in [0, 0.05) is 6.42 Å². The molecule has 0 saturated carbocycles. The number of alkyl carbamates (subject to hydrolysis) is 1. The second kappa shape index (κ2) is 9.77. The summed E-state index contributed by atoms with van der Waals surface area (Å²) in [4.78, 5) is 36.7. The molecule has 5 rings (SSSR count). The predicted molar refractivity (Wildman–Crippen MR) is 127 cm³/mol. The number of halogens is 6. The number of imidazole rings is 1. The fraction of sp³-hybridized carbons (Fsp3) is 0.192. The average Bonchev–Trinajstić information content (AvgIpc) is 3.32. The molecule has 14 heteroatoms. The van der Waals surface area contributed by atoms with Crippen molar-refractivity contribution >= 4 is 23.0 Å². The number of fused-ring (bicyclic) bond motifs is 1. The van der Waals surface area contributed by atoms with E-state index in [-0.39, 0.29) is 29.7 Å². The number of ether oxygens (including phenoxy) is 2. The third kappa shape index (κ3) is 5.51. The van der Waals surface area contributed by atoms with Crippen LogP contribution in [0, 0.1) is 0 Å². The van der Waals surface area contributed by atoms with Gasteiger partial charge in [0.25, 0.3) is 5.91 Å². The van der Waals surface area contributed by atoms with Crippen LogP contribution in [0.25, 0.3) is 16.7 Å². The summed E-state index contributed by atoms with van der Waals surface area (Å²) < 4.78 is 89.1. The molecule has 1 fully saturated rings. The highest BCUT2D eigenvalue weighted by Gasteiger charge is 2.33. The minimum Gasteiger partial charge on any atom is -0.435 e. The summed E-state index contributed by atoms with van der Waals surface area (Å²) in [6, 6.07) is 13.6. The summed E-state index contributed by atoms with van der Waals surface area (Å²) in [6.07, 6.45) is -11.5. The molecule has 8 nitrogen and oxygen atoms in total. The lowest BCUT2D eigenvalue weighted by Gasteiger charge is -2.10. The molecule has 1 atom stereocenters. The Balaban J connectivity index is 1.55. The number of carbonyl (C=O) groups is 2. The number of cyclic esters (lactones) is 1. The molecule has 1 aliphatic heterocycles. The summed E-state index contributed by atoms with van der Waals surface area (Å²) in [5, 5.41) is 2.02. The van der Waals surface area contributed by atoms with Crippen LogP contribution in [0.5, 0.6) is 5.75 Å². The first kappa shape index (κ1) is 26.8. The Labute approximate surface area is 220 Å². The quantitative estimate of drug-likeness (QED) is 0.335. The lowest BCUT2D eigenvalue weighted by molar-refractivity contribution is -0.274. The summed E-state index contributed by atoms with van der Waals surface area (Å²) >= 11 is 0. The van der Waals surface area contributed by atoms with Crippen molar-refractivity contribution in [3.63, 3.8) is 0 Å². The zero-order chi connectivity index (χ0) is 28.8. The van der Waals surface area contributed by atoms with Crippen molar-refractivity contribution in [3.05, 3.63) is 93.9 Å². The van der Waals surface area contributed by atoms with Crippen LogP contribution in [-0.4, -0.2) is 33.6 Å². The Hall–Kier alpha value is -4.75. The Kier molecular flexibility index (Phi) is 6.56. The van der Waals surface area contributed by atoms with Gasteiger partial charge in [-0.3, -0.25) is 19.2 Å². The number of nitrogens with one attached hydrogen (secondary N) is 1. The molecule has 0 bridgehead atoms. The van der Waals surface area contributed by atoms with Crippen LogP contribution < -0.4 is 15.7 Å². The monoisotopic (exact) mass is 565 g/mol. The standard InChI is InChI=1S/C26H17F6N3O5/c27-25(28,29)16-4-9-19-20(12-16)34(24(38)35(19)17-5-7-18(8-6-17)40-26(30,31)32)13-15-3-1-2-14(10-15)11-21-22(36)33-23(37)39-21/h1-10,12,21H,11,13H2,(H,33,36,37). The van der Waals surface area contributed by atoms with Crippen molar-refractivity contribution in [3.8, 4) is 11.4 Å². The van der Waals surface area contributed by atoms with Gasteiger partial charge in [-0.05, 0) is 53.6 Å². The highest BCUT2D eigenvalue weighted by molar-refractivity contribution is 6.00. The second-order valence-corrected chi connectivity index (χ2v) is 8.85. The SMILES string of the molecule is O=C1NC(=O)C(Cc2cccc(Cn3c(=O)n(-c4ccc(OC(F)(F)F)cc4)c4ccc(C(F)(F)F)cc43)c2)O1. The fourth-order valence-electron chi connectivity index (χ4n) is 4.41. The van der Waals surface area contributed by atoms with Gasteiger partial charge in [-0.15, -0.1) is 13.2 Å². The molecule has 1 aromatic heterocycles. The lowest BCUT2D eigenvalue weighted by atomic mass is 10.0. The molecule has 2 heterocycles. The van der Waals surface area contributed by atoms with Crippen LogP contribution in [0.4, 0.5) is 31.1 Å². The second-order valence-electron chi connectivity index (χ2n) is 8.85. The number of benzene rings is 3. The van der Waals surface area contributed by atoms with Gasteiger partial charge < -0.3 is 9.47 Å². The van der Waals surface area contributed by atoms with Gasteiger partial charge >= 0.3 is 24.3 Å². The topological polar surface area (TPSA) is 91.6 Å². The van der Waals surface area contributed by atoms with Gasteiger partial charge in [-0.1, -0.05) is 24.3 Å². The van der Waals surface area contributed by atoms with E-state index in [1.165, 1.54) is 12.1 Å². The fourth-order valence-corrected chi connectivity index (χ4v) is 4.41. The number of imide groups is 1. The molecular formula is C26H17F6N3O5. The summed E-state index contributed by atoms with van der Waals surface area (Å²) in [5.74, 6) is -1.15. The van der Waals surface area contributed by atoms with Crippen LogP contribution in [-0.2, 0) is 28.7 Å². The minimum atomic E-state index is -4.93. The van der Waals surface area contributed by atoms with E-state index >= 15 is 0 Å². The first-order valence-electron chi connectivity index (χ1n) is 11.6. The molecule has 1 saturated heterocycles. The smallest absolute Gasteiger partial charge is 0.435 e. The number of nitrogens with zero attached hydrogens (tertiary/aromatic N) is 2. The normalized spacial score (nSPS) is 15.8. The largest absolute Gasteiger partial charge is 0.573 e. The van der Waals surface area contributed by atoms with E-state index in [1.54, 1.807) is 24.3 Å². The molecule has 4 aromatic rings. The van der Waals surface area contributed by atoms with Crippen molar-refractivity contribution in [2.45, 2.75) is 31.6 Å². The van der Waals surface area contributed by atoms with E-state index in [1.807, 2.05) is 5.32 Å². The molecule has 1 unspecified atom stereocenters. The summed E-state index contributed by atoms with van der Waals surface area (Å²) in [7, 11) is 0. The zero-order valence-corrected chi connectivity index (χ0v) is 20.0. The molecule has 208 valence electrons. The highest BCUT2D eigenvalue weighted by Crippen LogP contribution is 2.32. The van der Waals surface area contributed by atoms with Crippen molar-refractivity contribution in [1.29, 1.82) is 0 Å². The average molecular weight is 565 g/mol. The van der Waals surface area contributed by atoms with E-state index in [2.05, 4.69) is 4.74 Å². The highest BCUT2D eigenvalue weighted by atomic mass is 19.4. The Bertz CT molecular complexity index is 1670. The van der Waals surface area contributed by atoms with Gasteiger partial charge in [0.2, 0.25) is 0 Å². The Morgan fingerprint density at radius 2 is 1.55 bits per heavy atom. The zero-order valence-electron chi connectivity index (χ0n) is 20.0. The molecule has 3 aromatic carbocycles. The van der Waals surface area contributed by atoms with Crippen molar-refractivity contribution in [2.24, 2.45) is 0 Å². The number of hydrogen-bond donors (Lipinski definition) is 1. The van der Waals surface area contributed by atoms with Crippen molar-refractivity contribution in [2.75, 3.05) is 0 Å². The van der Waals surface area contributed by atoms with E-state index < -0.39 is 47.6 Å². The molecule has 0 aliphatic carbocycles. The maximum Gasteiger partial charge on any atom is 0.573 e. The van der Waals surface area contributed by atoms with Crippen LogP contribution in [0.3, 0.4) is 0 Å². The van der Waals surface area contributed by atoms with Gasteiger partial charge in [-0.2, -0.15) is 13.2 Å². The number of hydrogen-bond acceptors (Lipinski definition) is 5. The Morgan fingerprint density at radius 3 is 2.17 bits per heavy atom. The van der Waals surface area contributed by atoms with Gasteiger partial charge in [0.15, 0.2) is 6.10 Å². The molecule has 1 N–H and O–H groups in total. The van der Waals surface area contributed by atoms with Crippen molar-refractivity contribution in [1.82, 2.24) is 14.5 Å². The first-order valence-corrected chi connectivity index (χ1v) is 11.6. The van der Waals surface area contributed by atoms with Crippen LogP contribution in [0.1, 0.15) is 16.7 Å². The maximum absolute atomic E-state index is 13.5. The van der Waals surface area contributed by atoms with Gasteiger partial charge in [0.05, 0.1) is 28.8 Å². The van der Waals surface area contributed by atoms with E-state index in [0.29, 0.717) is 11.1 Å². The number of amides is 2. The van der Waals surface area contributed by atoms with E-state index in [0.717, 1.165) is 39.5 Å². The number of carbonyl (C=O) groups excluding carboxylic acids is 2. The van der Waals surface area contributed by atoms with E-state index in [9.17, 15) is 40.7 Å². The van der Waals surface area contributed by atoms with E-state index in [4.69, 9.17) is 4.74 Å². The van der Waals surface area contributed by atoms with Crippen LogP contribution in [0.2, 0.25) is 0 Å². The van der Waals surface area contributed by atoms with Gasteiger partial charge in [0.1, 0.15) is 5.75 Å². The van der Waals surface area contributed by atoms with Crippen LogP contribution >= 0.6 is 0 Å². The minimum absolute atomic E-state index is 0.0344. The molecule has 40 heavy (non-hydrogen) atoms. The molecule has 1 aliphatic rings. The summed E-state index contributed by atoms with van der Waals surface area (Å²) in [6.45, 7) is -0.177. The van der Waals surface area contributed by atoms with Gasteiger partial charge in [-0.25, -0.2) is 9.59 Å². The molecular weight excluding hydrogens is 548 g/mol. The van der Waals surface area contributed by atoms with Crippen LogP contribution in [0.15, 0.2) is 71.5 Å². The predicted octanol–water partition coefficient (Wildman–Crippen LogP) is 4.94. The molecule has 0 spiro atoms. The lowest BCUT2D eigenvalue weighted by Crippen LogP contribution is -2.26. The summed E-state index contributed by atoms with van der Waals surface area (Å²) in [5.41, 5.74) is -0.546.